The molecule has 0 saturated carbocycles. The van der Waals surface area contributed by atoms with E-state index in [0.717, 1.165) is 24.0 Å². The molecule has 2 aromatic heterocycles. The third kappa shape index (κ3) is 3.14. The lowest BCUT2D eigenvalue weighted by Gasteiger charge is -2.07. The molecule has 112 valence electrons. The maximum atomic E-state index is 12.8. The van der Waals surface area contributed by atoms with E-state index in [9.17, 15) is 9.18 Å². The summed E-state index contributed by atoms with van der Waals surface area (Å²) in [4.78, 5) is 16.2. The molecule has 0 spiro atoms. The van der Waals surface area contributed by atoms with Gasteiger partial charge < -0.3 is 9.88 Å². The molecule has 0 aliphatic carbocycles. The Morgan fingerprint density at radius 2 is 2.00 bits per heavy atom. The lowest BCUT2D eigenvalue weighted by molar-refractivity contribution is 0.0952. The van der Waals surface area contributed by atoms with E-state index in [1.165, 1.54) is 24.3 Å². The average Bonchev–Trinajstić information content (AvgIpc) is 2.95. The van der Waals surface area contributed by atoms with Crippen LogP contribution in [0.25, 0.3) is 11.0 Å². The summed E-state index contributed by atoms with van der Waals surface area (Å²) < 4.78 is 14.9. The minimum Gasteiger partial charge on any atom is -0.352 e. The molecule has 5 heteroatoms. The van der Waals surface area contributed by atoms with Crippen LogP contribution in [-0.4, -0.2) is 22.0 Å². The van der Waals surface area contributed by atoms with Crippen LogP contribution in [0.3, 0.4) is 0 Å². The van der Waals surface area contributed by atoms with Gasteiger partial charge in [0.1, 0.15) is 11.5 Å². The molecule has 0 atom stereocenters. The van der Waals surface area contributed by atoms with Gasteiger partial charge in [0, 0.05) is 36.4 Å². The van der Waals surface area contributed by atoms with Gasteiger partial charge in [-0.05, 0) is 48.9 Å². The van der Waals surface area contributed by atoms with E-state index >= 15 is 0 Å². The van der Waals surface area contributed by atoms with Crippen molar-refractivity contribution >= 4 is 16.9 Å². The Labute approximate surface area is 127 Å². The fraction of sp³-hybridized carbons (Fsp3) is 0.176. The number of halogens is 1. The van der Waals surface area contributed by atoms with Crippen molar-refractivity contribution in [2.75, 3.05) is 6.54 Å². The summed E-state index contributed by atoms with van der Waals surface area (Å²) in [5.41, 5.74) is 1.42. The van der Waals surface area contributed by atoms with Gasteiger partial charge in [0.05, 0.1) is 0 Å². The van der Waals surface area contributed by atoms with Crippen LogP contribution >= 0.6 is 0 Å². The highest BCUT2D eigenvalue weighted by atomic mass is 19.1. The van der Waals surface area contributed by atoms with Gasteiger partial charge >= 0.3 is 0 Å². The van der Waals surface area contributed by atoms with Crippen molar-refractivity contribution < 1.29 is 9.18 Å². The van der Waals surface area contributed by atoms with Gasteiger partial charge in [0.15, 0.2) is 0 Å². The zero-order valence-electron chi connectivity index (χ0n) is 12.0. The van der Waals surface area contributed by atoms with E-state index in [4.69, 9.17) is 0 Å². The van der Waals surface area contributed by atoms with Crippen molar-refractivity contribution in [3.63, 3.8) is 0 Å². The van der Waals surface area contributed by atoms with E-state index in [-0.39, 0.29) is 11.7 Å². The number of benzene rings is 1. The van der Waals surface area contributed by atoms with Crippen LogP contribution in [0.5, 0.6) is 0 Å². The largest absolute Gasteiger partial charge is 0.352 e. The summed E-state index contributed by atoms with van der Waals surface area (Å²) in [7, 11) is 0. The molecule has 0 aliphatic rings. The van der Waals surface area contributed by atoms with Gasteiger partial charge in [-0.25, -0.2) is 9.37 Å². The first-order valence-corrected chi connectivity index (χ1v) is 7.18. The van der Waals surface area contributed by atoms with E-state index in [2.05, 4.69) is 14.9 Å². The Bertz CT molecular complexity index is 780. The van der Waals surface area contributed by atoms with Crippen LogP contribution < -0.4 is 5.32 Å². The maximum Gasteiger partial charge on any atom is 0.251 e. The molecule has 1 amide bonds. The lowest BCUT2D eigenvalue weighted by Crippen LogP contribution is -2.25. The first-order valence-electron chi connectivity index (χ1n) is 7.18. The maximum absolute atomic E-state index is 12.8. The number of pyridine rings is 1. The van der Waals surface area contributed by atoms with Crippen LogP contribution in [0.2, 0.25) is 0 Å². The van der Waals surface area contributed by atoms with Gasteiger partial charge in [0.2, 0.25) is 0 Å². The topological polar surface area (TPSA) is 46.9 Å². The van der Waals surface area contributed by atoms with Crippen LogP contribution in [0.4, 0.5) is 4.39 Å². The number of nitrogens with one attached hydrogen (secondary N) is 1. The SMILES string of the molecule is O=C(NCCCn1ccc2cccnc21)c1ccc(F)cc1. The molecule has 4 nitrogen and oxygen atoms in total. The summed E-state index contributed by atoms with van der Waals surface area (Å²) in [6.45, 7) is 1.34. The molecular weight excluding hydrogens is 281 g/mol. The summed E-state index contributed by atoms with van der Waals surface area (Å²) in [6, 6.07) is 11.5. The molecule has 2 heterocycles. The number of carbonyl (C=O) groups excluding carboxylic acids is 1. The van der Waals surface area contributed by atoms with Crippen LogP contribution in [0, 0.1) is 5.82 Å². The molecular formula is C17H16FN3O. The number of rotatable bonds is 5. The fourth-order valence-corrected chi connectivity index (χ4v) is 2.36. The number of aromatic nitrogens is 2. The average molecular weight is 297 g/mol. The standard InChI is InChI=1S/C17H16FN3O/c18-15-6-4-14(5-7-15)17(22)20-10-2-11-21-12-8-13-3-1-9-19-16(13)21/h1,3-9,12H,2,10-11H2,(H,20,22). The third-order valence-corrected chi connectivity index (χ3v) is 3.49. The molecule has 3 rings (SSSR count). The molecule has 0 bridgehead atoms. The van der Waals surface area contributed by atoms with E-state index in [0.29, 0.717) is 12.1 Å². The van der Waals surface area contributed by atoms with Crippen molar-refractivity contribution in [2.24, 2.45) is 0 Å². The Morgan fingerprint density at radius 1 is 1.18 bits per heavy atom. The summed E-state index contributed by atoms with van der Waals surface area (Å²) in [6.07, 6.45) is 4.57. The minimum absolute atomic E-state index is 0.185. The lowest BCUT2D eigenvalue weighted by atomic mass is 10.2. The second-order valence-electron chi connectivity index (χ2n) is 5.04. The Hall–Kier alpha value is -2.69. The Kier molecular flexibility index (Phi) is 4.14. The predicted octanol–water partition coefficient (Wildman–Crippen LogP) is 3.00. The molecule has 0 radical (unpaired) electrons. The first-order chi connectivity index (χ1) is 10.7. The van der Waals surface area contributed by atoms with Gasteiger partial charge in [-0.1, -0.05) is 0 Å². The number of hydrogen-bond donors (Lipinski definition) is 1. The second-order valence-corrected chi connectivity index (χ2v) is 5.04. The summed E-state index contributed by atoms with van der Waals surface area (Å²) >= 11 is 0. The number of hydrogen-bond acceptors (Lipinski definition) is 2. The van der Waals surface area contributed by atoms with E-state index in [1.807, 2.05) is 24.4 Å². The summed E-state index contributed by atoms with van der Waals surface area (Å²) in [5.74, 6) is -0.529. The molecule has 0 unspecified atom stereocenters. The van der Waals surface area contributed by atoms with Crippen LogP contribution in [0.15, 0.2) is 54.9 Å². The van der Waals surface area contributed by atoms with Crippen LogP contribution in [-0.2, 0) is 6.54 Å². The highest BCUT2D eigenvalue weighted by Gasteiger charge is 2.05. The van der Waals surface area contributed by atoms with Gasteiger partial charge in [0.25, 0.3) is 5.91 Å². The van der Waals surface area contributed by atoms with Crippen molar-refractivity contribution in [3.8, 4) is 0 Å². The zero-order chi connectivity index (χ0) is 15.4. The number of carbonyl (C=O) groups is 1. The number of nitrogens with zero attached hydrogens (tertiary/aromatic N) is 2. The zero-order valence-corrected chi connectivity index (χ0v) is 12.0. The monoisotopic (exact) mass is 297 g/mol. The van der Waals surface area contributed by atoms with E-state index < -0.39 is 0 Å². The first kappa shape index (κ1) is 14.3. The highest BCUT2D eigenvalue weighted by molar-refractivity contribution is 5.94. The molecule has 0 aliphatic heterocycles. The van der Waals surface area contributed by atoms with Crippen LogP contribution in [0.1, 0.15) is 16.8 Å². The number of amides is 1. The van der Waals surface area contributed by atoms with E-state index in [1.54, 1.807) is 6.20 Å². The number of aryl methyl sites for hydroxylation is 1. The van der Waals surface area contributed by atoms with Gasteiger partial charge in [-0.2, -0.15) is 0 Å². The minimum atomic E-state index is -0.344. The molecule has 22 heavy (non-hydrogen) atoms. The Balaban J connectivity index is 1.51. The molecule has 3 aromatic rings. The fourth-order valence-electron chi connectivity index (χ4n) is 2.36. The Morgan fingerprint density at radius 3 is 2.82 bits per heavy atom. The normalized spacial score (nSPS) is 10.8. The van der Waals surface area contributed by atoms with Crippen molar-refractivity contribution in [3.05, 3.63) is 66.2 Å². The summed E-state index contributed by atoms with van der Waals surface area (Å²) in [5, 5.41) is 3.94. The molecule has 0 fully saturated rings. The van der Waals surface area contributed by atoms with Crippen molar-refractivity contribution in [2.45, 2.75) is 13.0 Å². The number of fused-ring (bicyclic) bond motifs is 1. The van der Waals surface area contributed by atoms with Gasteiger partial charge in [-0.3, -0.25) is 4.79 Å². The molecule has 1 aromatic carbocycles. The van der Waals surface area contributed by atoms with Gasteiger partial charge in [-0.15, -0.1) is 0 Å². The molecule has 0 saturated heterocycles. The predicted molar refractivity (Wildman–Crippen MR) is 83.1 cm³/mol. The second kappa shape index (κ2) is 6.39. The van der Waals surface area contributed by atoms with Crippen molar-refractivity contribution in [1.82, 2.24) is 14.9 Å². The third-order valence-electron chi connectivity index (χ3n) is 3.49. The smallest absolute Gasteiger partial charge is 0.251 e. The highest BCUT2D eigenvalue weighted by Crippen LogP contribution is 2.12. The molecule has 1 N–H and O–H groups in total. The van der Waals surface area contributed by atoms with Crippen molar-refractivity contribution in [1.29, 1.82) is 0 Å². The quantitative estimate of drug-likeness (QED) is 0.736.